The molecule has 4 rings (SSSR count). The quantitative estimate of drug-likeness (QED) is 0.449. The molecular formula is C19H29ClN8. The van der Waals surface area contributed by atoms with Crippen LogP contribution in [-0.2, 0) is 13.1 Å². The fourth-order valence-electron chi connectivity index (χ4n) is 2.31. The van der Waals surface area contributed by atoms with Gasteiger partial charge in [-0.1, -0.05) is 39.3 Å². The monoisotopic (exact) mass is 404 g/mol. The molecule has 0 radical (unpaired) electrons. The molecule has 0 amide bonds. The fourth-order valence-corrected chi connectivity index (χ4v) is 2.49. The van der Waals surface area contributed by atoms with Crippen LogP contribution in [0.2, 0.25) is 5.15 Å². The molecule has 0 aliphatic heterocycles. The van der Waals surface area contributed by atoms with Crippen molar-refractivity contribution in [3.63, 3.8) is 0 Å². The molecule has 28 heavy (non-hydrogen) atoms. The highest BCUT2D eigenvalue weighted by Gasteiger charge is 2.06. The SMILES string of the molecule is CC.CC.CCn1cnc2c(C)ncnc21.CCn1cnc2c(Cl)ncnc21. The molecule has 0 atom stereocenters. The minimum Gasteiger partial charge on any atom is -0.315 e. The van der Waals surface area contributed by atoms with Crippen LogP contribution < -0.4 is 0 Å². The van der Waals surface area contributed by atoms with Crippen LogP contribution in [0, 0.1) is 6.92 Å². The minimum atomic E-state index is 0.409. The van der Waals surface area contributed by atoms with Crippen LogP contribution in [-0.4, -0.2) is 39.0 Å². The van der Waals surface area contributed by atoms with Gasteiger partial charge in [0.05, 0.1) is 18.3 Å². The molecule has 0 aromatic carbocycles. The fraction of sp³-hybridized carbons (Fsp3) is 0.474. The lowest BCUT2D eigenvalue weighted by atomic mass is 10.4. The highest BCUT2D eigenvalue weighted by atomic mass is 35.5. The maximum Gasteiger partial charge on any atom is 0.164 e. The van der Waals surface area contributed by atoms with Gasteiger partial charge in [0.25, 0.3) is 0 Å². The summed E-state index contributed by atoms with van der Waals surface area (Å²) in [7, 11) is 0. The van der Waals surface area contributed by atoms with Crippen LogP contribution in [0.4, 0.5) is 0 Å². The van der Waals surface area contributed by atoms with Crippen LogP contribution in [0.3, 0.4) is 0 Å². The average molecular weight is 405 g/mol. The third kappa shape index (κ3) is 5.22. The van der Waals surface area contributed by atoms with Gasteiger partial charge >= 0.3 is 0 Å². The zero-order valence-electron chi connectivity index (χ0n) is 17.7. The molecule has 8 nitrogen and oxygen atoms in total. The van der Waals surface area contributed by atoms with Gasteiger partial charge in [-0.3, -0.25) is 0 Å². The molecule has 0 saturated carbocycles. The van der Waals surface area contributed by atoms with Crippen LogP contribution in [0.1, 0.15) is 47.2 Å². The van der Waals surface area contributed by atoms with Crippen LogP contribution in [0.5, 0.6) is 0 Å². The number of hydrogen-bond donors (Lipinski definition) is 0. The number of hydrogen-bond acceptors (Lipinski definition) is 6. The molecule has 152 valence electrons. The number of aryl methyl sites for hydroxylation is 3. The molecule has 4 aromatic rings. The molecule has 0 N–H and O–H groups in total. The van der Waals surface area contributed by atoms with E-state index in [4.69, 9.17) is 11.6 Å². The summed E-state index contributed by atoms with van der Waals surface area (Å²) in [6, 6.07) is 0. The number of imidazole rings is 2. The lowest BCUT2D eigenvalue weighted by Gasteiger charge is -1.96. The lowest BCUT2D eigenvalue weighted by molar-refractivity contribution is 0.777. The third-order valence-electron chi connectivity index (χ3n) is 3.62. The van der Waals surface area contributed by atoms with E-state index >= 15 is 0 Å². The van der Waals surface area contributed by atoms with E-state index in [-0.39, 0.29) is 0 Å². The summed E-state index contributed by atoms with van der Waals surface area (Å²) >= 11 is 5.80. The maximum atomic E-state index is 5.80. The molecular weight excluding hydrogens is 376 g/mol. The molecule has 0 saturated heterocycles. The Morgan fingerprint density at radius 1 is 0.714 bits per heavy atom. The summed E-state index contributed by atoms with van der Waals surface area (Å²) in [6.07, 6.45) is 6.53. The topological polar surface area (TPSA) is 87.2 Å². The Hall–Kier alpha value is -2.61. The normalized spacial score (nSPS) is 9.71. The highest BCUT2D eigenvalue weighted by Crippen LogP contribution is 2.16. The smallest absolute Gasteiger partial charge is 0.164 e. The van der Waals surface area contributed by atoms with E-state index in [9.17, 15) is 0 Å². The number of halogens is 1. The first-order valence-electron chi connectivity index (χ1n) is 9.59. The second-order valence-electron chi connectivity index (χ2n) is 5.03. The zero-order chi connectivity index (χ0) is 21.1. The van der Waals surface area contributed by atoms with E-state index < -0.39 is 0 Å². The van der Waals surface area contributed by atoms with E-state index in [0.717, 1.165) is 35.6 Å². The van der Waals surface area contributed by atoms with Crippen molar-refractivity contribution in [1.82, 2.24) is 39.0 Å². The summed E-state index contributed by atoms with van der Waals surface area (Å²) in [5.74, 6) is 0. The minimum absolute atomic E-state index is 0.409. The van der Waals surface area contributed by atoms with E-state index in [1.165, 1.54) is 6.33 Å². The van der Waals surface area contributed by atoms with E-state index in [1.54, 1.807) is 19.0 Å². The van der Waals surface area contributed by atoms with Gasteiger partial charge in [-0.25, -0.2) is 29.9 Å². The number of rotatable bonds is 2. The third-order valence-corrected chi connectivity index (χ3v) is 3.90. The average Bonchev–Trinajstić information content (AvgIpc) is 3.37. The van der Waals surface area contributed by atoms with Crippen molar-refractivity contribution < 1.29 is 0 Å². The summed E-state index contributed by atoms with van der Waals surface area (Å²) in [5, 5.41) is 0.409. The Bertz CT molecular complexity index is 897. The van der Waals surface area contributed by atoms with Crippen molar-refractivity contribution in [1.29, 1.82) is 0 Å². The van der Waals surface area contributed by atoms with Gasteiger partial charge in [-0.05, 0) is 20.8 Å². The van der Waals surface area contributed by atoms with Gasteiger partial charge in [0.15, 0.2) is 16.4 Å². The number of fused-ring (bicyclic) bond motifs is 2. The highest BCUT2D eigenvalue weighted by molar-refractivity contribution is 6.33. The largest absolute Gasteiger partial charge is 0.315 e. The van der Waals surface area contributed by atoms with Crippen molar-refractivity contribution in [2.24, 2.45) is 0 Å². The number of nitrogens with zero attached hydrogens (tertiary/aromatic N) is 8. The van der Waals surface area contributed by atoms with E-state index in [1.807, 2.05) is 50.7 Å². The molecule has 0 spiro atoms. The van der Waals surface area contributed by atoms with Gasteiger partial charge < -0.3 is 9.13 Å². The van der Waals surface area contributed by atoms with Crippen LogP contribution >= 0.6 is 11.6 Å². The predicted molar refractivity (Wildman–Crippen MR) is 114 cm³/mol. The zero-order valence-corrected chi connectivity index (χ0v) is 18.4. The standard InChI is InChI=1S/C8H10N4.C7H7ClN4.2C2H6/c1-3-12-5-11-7-6(2)9-4-10-8(7)12;1-2-12-4-11-5-6(8)9-3-10-7(5)12;2*1-2/h4-5H,3H2,1-2H3;3-4H,2H2,1H3;2*1-2H3. The molecule has 0 fully saturated rings. The second kappa shape index (κ2) is 12.0. The molecule has 0 aliphatic rings. The van der Waals surface area contributed by atoms with Crippen molar-refractivity contribution in [3.8, 4) is 0 Å². The summed E-state index contributed by atoms with van der Waals surface area (Å²) < 4.78 is 3.92. The lowest BCUT2D eigenvalue weighted by Crippen LogP contribution is -1.94. The maximum absolute atomic E-state index is 5.80. The number of aromatic nitrogens is 8. The summed E-state index contributed by atoms with van der Waals surface area (Å²) in [4.78, 5) is 24.5. The summed E-state index contributed by atoms with van der Waals surface area (Å²) in [6.45, 7) is 15.8. The Kier molecular flexibility index (Phi) is 10.0. The molecule has 9 heteroatoms. The van der Waals surface area contributed by atoms with Gasteiger partial charge in [-0.15, -0.1) is 0 Å². The first-order valence-corrected chi connectivity index (χ1v) is 9.97. The van der Waals surface area contributed by atoms with Crippen LogP contribution in [0.15, 0.2) is 25.3 Å². The van der Waals surface area contributed by atoms with Gasteiger partial charge in [0, 0.05) is 13.1 Å². The van der Waals surface area contributed by atoms with Crippen molar-refractivity contribution >= 4 is 33.9 Å². The van der Waals surface area contributed by atoms with E-state index in [0.29, 0.717) is 10.7 Å². The Morgan fingerprint density at radius 2 is 1.18 bits per heavy atom. The van der Waals surface area contributed by atoms with Crippen LogP contribution in [0.25, 0.3) is 22.3 Å². The predicted octanol–water partition coefficient (Wildman–Crippen LogP) is 4.71. The first kappa shape index (κ1) is 23.4. The van der Waals surface area contributed by atoms with E-state index in [2.05, 4.69) is 36.8 Å². The molecule has 0 bridgehead atoms. The molecule has 4 aromatic heterocycles. The van der Waals surface area contributed by atoms with Gasteiger partial charge in [-0.2, -0.15) is 0 Å². The Morgan fingerprint density at radius 3 is 1.71 bits per heavy atom. The Labute approximate surface area is 171 Å². The van der Waals surface area contributed by atoms with Crippen molar-refractivity contribution in [2.45, 2.75) is 61.6 Å². The second-order valence-corrected chi connectivity index (χ2v) is 5.39. The first-order chi connectivity index (χ1) is 13.7. The van der Waals surface area contributed by atoms with Crippen molar-refractivity contribution in [3.05, 3.63) is 36.2 Å². The molecule has 0 aliphatic carbocycles. The van der Waals surface area contributed by atoms with Gasteiger partial charge in [0.2, 0.25) is 0 Å². The Balaban J connectivity index is 0.000000238. The van der Waals surface area contributed by atoms with Gasteiger partial charge in [0.1, 0.15) is 23.7 Å². The molecule has 4 heterocycles. The summed E-state index contributed by atoms with van der Waals surface area (Å²) in [5.41, 5.74) is 4.22. The molecule has 0 unspecified atom stereocenters. The van der Waals surface area contributed by atoms with Crippen molar-refractivity contribution in [2.75, 3.05) is 0 Å².